The fourth-order valence-electron chi connectivity index (χ4n) is 0.619. The molecular weight excluding hydrogens is 233 g/mol. The summed E-state index contributed by atoms with van der Waals surface area (Å²) in [5, 5.41) is 1.78. The number of carbonyl (C=O) groups excluding carboxylic acids is 1. The van der Waals surface area contributed by atoms with Gasteiger partial charge in [0, 0.05) is 13.1 Å². The van der Waals surface area contributed by atoms with Crippen molar-refractivity contribution in [3.63, 3.8) is 0 Å². The van der Waals surface area contributed by atoms with Crippen LogP contribution in [-0.4, -0.2) is 43.7 Å². The highest BCUT2D eigenvalue weighted by Crippen LogP contribution is 2.13. The van der Waals surface area contributed by atoms with Crippen molar-refractivity contribution in [3.05, 3.63) is 0 Å². The normalized spacial score (nSPS) is 9.76. The minimum atomic E-state index is -4.77. The lowest BCUT2D eigenvalue weighted by atomic mass is 10.5. The molecule has 0 aliphatic carbocycles. The Bertz CT molecular complexity index is 173. The van der Waals surface area contributed by atoms with E-state index in [1.165, 1.54) is 0 Å². The molecule has 1 amide bonds. The molecule has 106 valence electrons. The summed E-state index contributed by atoms with van der Waals surface area (Å²) in [7, 11) is 1.76. The molecule has 17 heavy (non-hydrogen) atoms. The summed E-state index contributed by atoms with van der Waals surface area (Å²) in [5.41, 5.74) is 0. The summed E-state index contributed by atoms with van der Waals surface area (Å²) in [5.74, 6) is -1.88. The lowest BCUT2D eigenvalue weighted by Gasteiger charge is -2.14. The Labute approximate surface area is 102 Å². The lowest BCUT2D eigenvalue weighted by Crippen LogP contribution is -2.40. The molecular formula is C11H25F3N2O. The summed E-state index contributed by atoms with van der Waals surface area (Å²) < 4.78 is 34.9. The standard InChI is InChI=1S/C7H13F3N2O.2C2H6/c1-3-12(2)5-4-11-6(13)7(8,9)10;2*1-2/h3-5H2,1-2H3,(H,11,13);2*1-2H3. The van der Waals surface area contributed by atoms with Crippen LogP contribution in [0.2, 0.25) is 0 Å². The molecule has 0 bridgehead atoms. The van der Waals surface area contributed by atoms with Gasteiger partial charge in [0.2, 0.25) is 0 Å². The van der Waals surface area contributed by atoms with Crippen LogP contribution in [0.25, 0.3) is 0 Å². The van der Waals surface area contributed by atoms with E-state index in [0.29, 0.717) is 6.54 Å². The first-order valence-corrected chi connectivity index (χ1v) is 5.91. The van der Waals surface area contributed by atoms with E-state index in [4.69, 9.17) is 0 Å². The molecule has 0 aliphatic rings. The molecule has 0 aromatic carbocycles. The van der Waals surface area contributed by atoms with Crippen molar-refractivity contribution < 1.29 is 18.0 Å². The van der Waals surface area contributed by atoms with Crippen molar-refractivity contribution in [2.24, 2.45) is 0 Å². The Hall–Kier alpha value is -0.780. The molecule has 0 saturated heterocycles. The van der Waals surface area contributed by atoms with Gasteiger partial charge in [-0.2, -0.15) is 13.2 Å². The fourth-order valence-corrected chi connectivity index (χ4v) is 0.619. The second-order valence-corrected chi connectivity index (χ2v) is 2.65. The molecule has 0 aromatic rings. The average molecular weight is 258 g/mol. The van der Waals surface area contributed by atoms with Crippen molar-refractivity contribution in [2.75, 3.05) is 26.7 Å². The topological polar surface area (TPSA) is 32.3 Å². The van der Waals surface area contributed by atoms with E-state index in [0.717, 1.165) is 6.54 Å². The quantitative estimate of drug-likeness (QED) is 0.840. The van der Waals surface area contributed by atoms with Gasteiger partial charge in [0.05, 0.1) is 0 Å². The van der Waals surface area contributed by atoms with E-state index in [-0.39, 0.29) is 6.54 Å². The minimum Gasteiger partial charge on any atom is -0.347 e. The predicted octanol–water partition coefficient (Wildman–Crippen LogP) is 2.67. The number of hydrogen-bond donors (Lipinski definition) is 1. The van der Waals surface area contributed by atoms with Crippen molar-refractivity contribution in [2.45, 2.75) is 40.8 Å². The van der Waals surface area contributed by atoms with Crippen LogP contribution in [0, 0.1) is 0 Å². The number of likely N-dealkylation sites (N-methyl/N-ethyl adjacent to an activating group) is 1. The number of nitrogens with one attached hydrogen (secondary N) is 1. The van der Waals surface area contributed by atoms with Crippen LogP contribution in [0.5, 0.6) is 0 Å². The number of hydrogen-bond acceptors (Lipinski definition) is 2. The second kappa shape index (κ2) is 13.3. The summed E-state index contributed by atoms with van der Waals surface area (Å²) in [4.78, 5) is 12.1. The number of carbonyl (C=O) groups is 1. The van der Waals surface area contributed by atoms with Gasteiger partial charge in [-0.1, -0.05) is 34.6 Å². The molecule has 0 atom stereocenters. The molecule has 0 rings (SSSR count). The van der Waals surface area contributed by atoms with Gasteiger partial charge < -0.3 is 10.2 Å². The van der Waals surface area contributed by atoms with Crippen LogP contribution < -0.4 is 5.32 Å². The van der Waals surface area contributed by atoms with E-state index < -0.39 is 12.1 Å². The molecule has 0 aromatic heterocycles. The number of nitrogens with zero attached hydrogens (tertiary/aromatic N) is 1. The fraction of sp³-hybridized carbons (Fsp3) is 0.909. The maximum absolute atomic E-state index is 11.6. The van der Waals surface area contributed by atoms with Gasteiger partial charge in [0.15, 0.2) is 0 Å². The zero-order valence-corrected chi connectivity index (χ0v) is 11.6. The smallest absolute Gasteiger partial charge is 0.347 e. The van der Waals surface area contributed by atoms with E-state index in [9.17, 15) is 18.0 Å². The van der Waals surface area contributed by atoms with Crippen molar-refractivity contribution in [1.29, 1.82) is 0 Å². The summed E-state index contributed by atoms with van der Waals surface area (Å²) >= 11 is 0. The molecule has 0 heterocycles. The zero-order valence-electron chi connectivity index (χ0n) is 11.6. The van der Waals surface area contributed by atoms with Crippen LogP contribution in [-0.2, 0) is 4.79 Å². The van der Waals surface area contributed by atoms with Crippen LogP contribution >= 0.6 is 0 Å². The van der Waals surface area contributed by atoms with Crippen molar-refractivity contribution >= 4 is 5.91 Å². The molecule has 0 spiro atoms. The van der Waals surface area contributed by atoms with E-state index in [1.807, 2.05) is 34.6 Å². The van der Waals surface area contributed by atoms with Gasteiger partial charge in [-0.05, 0) is 13.6 Å². The van der Waals surface area contributed by atoms with Gasteiger partial charge >= 0.3 is 12.1 Å². The molecule has 0 saturated carbocycles. The highest BCUT2D eigenvalue weighted by molar-refractivity contribution is 5.81. The largest absolute Gasteiger partial charge is 0.471 e. The van der Waals surface area contributed by atoms with Crippen LogP contribution in [0.1, 0.15) is 34.6 Å². The first kappa shape index (κ1) is 21.5. The van der Waals surface area contributed by atoms with Crippen molar-refractivity contribution in [3.8, 4) is 0 Å². The molecule has 3 nitrogen and oxygen atoms in total. The van der Waals surface area contributed by atoms with Gasteiger partial charge in [-0.15, -0.1) is 0 Å². The summed E-state index contributed by atoms with van der Waals surface area (Å²) in [6.07, 6.45) is -4.77. The Balaban J connectivity index is -0.000000439. The summed E-state index contributed by atoms with van der Waals surface area (Å²) in [6.45, 7) is 11.1. The van der Waals surface area contributed by atoms with E-state index in [2.05, 4.69) is 0 Å². The van der Waals surface area contributed by atoms with Gasteiger partial charge in [0.25, 0.3) is 0 Å². The Kier molecular flexibility index (Phi) is 16.8. The highest BCUT2D eigenvalue weighted by Gasteiger charge is 2.38. The number of halogens is 3. The van der Waals surface area contributed by atoms with E-state index in [1.54, 1.807) is 17.3 Å². The Morgan fingerprint density at radius 1 is 1.18 bits per heavy atom. The molecule has 0 radical (unpaired) electrons. The first-order valence-electron chi connectivity index (χ1n) is 5.91. The maximum Gasteiger partial charge on any atom is 0.471 e. The van der Waals surface area contributed by atoms with Gasteiger partial charge in [-0.3, -0.25) is 4.79 Å². The lowest BCUT2D eigenvalue weighted by molar-refractivity contribution is -0.173. The number of alkyl halides is 3. The Morgan fingerprint density at radius 2 is 1.59 bits per heavy atom. The molecule has 6 heteroatoms. The summed E-state index contributed by atoms with van der Waals surface area (Å²) in [6, 6.07) is 0. The predicted molar refractivity (Wildman–Crippen MR) is 64.9 cm³/mol. The van der Waals surface area contributed by atoms with E-state index >= 15 is 0 Å². The molecule has 0 fully saturated rings. The van der Waals surface area contributed by atoms with Crippen molar-refractivity contribution in [1.82, 2.24) is 10.2 Å². The van der Waals surface area contributed by atoms with Crippen LogP contribution in [0.3, 0.4) is 0 Å². The first-order chi connectivity index (χ1) is 7.88. The van der Waals surface area contributed by atoms with Gasteiger partial charge in [0.1, 0.15) is 0 Å². The SMILES string of the molecule is CC.CC.CCN(C)CCNC(=O)C(F)(F)F. The maximum atomic E-state index is 11.6. The average Bonchev–Trinajstić information content (AvgIpc) is 2.32. The number of rotatable bonds is 4. The molecule has 0 aliphatic heterocycles. The van der Waals surface area contributed by atoms with Crippen LogP contribution in [0.4, 0.5) is 13.2 Å². The van der Waals surface area contributed by atoms with Gasteiger partial charge in [-0.25, -0.2) is 0 Å². The zero-order chi connectivity index (χ0) is 14.5. The number of amides is 1. The Morgan fingerprint density at radius 3 is 1.88 bits per heavy atom. The third-order valence-corrected chi connectivity index (χ3v) is 1.58. The molecule has 0 unspecified atom stereocenters. The third kappa shape index (κ3) is 15.2. The minimum absolute atomic E-state index is 0.0166. The highest BCUT2D eigenvalue weighted by atomic mass is 19.4. The third-order valence-electron chi connectivity index (χ3n) is 1.58. The monoisotopic (exact) mass is 258 g/mol. The van der Waals surface area contributed by atoms with Crippen LogP contribution in [0.15, 0.2) is 0 Å². The molecule has 1 N–H and O–H groups in total. The second-order valence-electron chi connectivity index (χ2n) is 2.65.